The molecule has 12 nitrogen and oxygen atoms in total. The number of rotatable bonds is 17. The normalized spacial score (nSPS) is 13.8. The summed E-state index contributed by atoms with van der Waals surface area (Å²) in [6.45, 7) is 2.68. The highest BCUT2D eigenvalue weighted by atomic mass is 16.5. The Hall–Kier alpha value is -4.16. The van der Waals surface area contributed by atoms with E-state index < -0.39 is 0 Å². The molecule has 4 N–H and O–H groups in total. The summed E-state index contributed by atoms with van der Waals surface area (Å²) < 4.78 is 22.1. The molecule has 0 unspecified atom stereocenters. The van der Waals surface area contributed by atoms with E-state index in [2.05, 4.69) is 36.2 Å². The van der Waals surface area contributed by atoms with Gasteiger partial charge in [-0.25, -0.2) is 0 Å². The van der Waals surface area contributed by atoms with Crippen LogP contribution in [0.4, 0.5) is 23.5 Å². The summed E-state index contributed by atoms with van der Waals surface area (Å²) >= 11 is 0. The Kier molecular flexibility index (Phi) is 13.8. The van der Waals surface area contributed by atoms with E-state index in [4.69, 9.17) is 18.9 Å². The molecular weight excluding hydrogens is 562 g/mol. The number of benzene rings is 2. The van der Waals surface area contributed by atoms with Gasteiger partial charge >= 0.3 is 0 Å². The number of ether oxygens (including phenoxy) is 4. The zero-order valence-electron chi connectivity index (χ0n) is 25.8. The van der Waals surface area contributed by atoms with Crippen LogP contribution in [0.5, 0.6) is 11.5 Å². The number of anilines is 4. The van der Waals surface area contributed by atoms with Crippen LogP contribution in [0.15, 0.2) is 48.5 Å². The van der Waals surface area contributed by atoms with Gasteiger partial charge in [0.2, 0.25) is 17.8 Å². The van der Waals surface area contributed by atoms with Gasteiger partial charge in [-0.05, 0) is 37.1 Å². The monoisotopic (exact) mass is 607 g/mol. The van der Waals surface area contributed by atoms with Crippen molar-refractivity contribution in [2.24, 2.45) is 0 Å². The number of methoxy groups -OCH3 is 2. The van der Waals surface area contributed by atoms with Crippen LogP contribution in [-0.2, 0) is 9.47 Å². The Bertz CT molecular complexity index is 1270. The van der Waals surface area contributed by atoms with Crippen LogP contribution in [0.3, 0.4) is 0 Å². The van der Waals surface area contributed by atoms with E-state index in [0.29, 0.717) is 80.5 Å². The Morgan fingerprint density at radius 2 is 1.41 bits per heavy atom. The van der Waals surface area contributed by atoms with Crippen molar-refractivity contribution >= 4 is 29.4 Å². The molecule has 2 aromatic carbocycles. The van der Waals surface area contributed by atoms with Gasteiger partial charge in [-0.15, -0.1) is 0 Å². The van der Waals surface area contributed by atoms with Crippen molar-refractivity contribution in [1.82, 2.24) is 20.3 Å². The molecule has 4 rings (SSSR count). The smallest absolute Gasteiger partial charge is 0.251 e. The molecule has 1 aliphatic carbocycles. The summed E-state index contributed by atoms with van der Waals surface area (Å²) in [5.41, 5.74) is 1.40. The molecule has 0 radical (unpaired) electrons. The summed E-state index contributed by atoms with van der Waals surface area (Å²) in [5, 5.41) is 12.9. The van der Waals surface area contributed by atoms with Gasteiger partial charge in [-0.1, -0.05) is 50.3 Å². The van der Waals surface area contributed by atoms with Gasteiger partial charge in [0.25, 0.3) is 5.91 Å². The molecule has 0 spiro atoms. The molecule has 0 bridgehead atoms. The molecule has 1 heterocycles. The fraction of sp³-hybridized carbons (Fsp3) is 0.500. The number of amides is 1. The minimum Gasteiger partial charge on any atom is -0.493 e. The quantitative estimate of drug-likeness (QED) is 0.154. The molecule has 0 aliphatic heterocycles. The van der Waals surface area contributed by atoms with E-state index in [-0.39, 0.29) is 5.91 Å². The molecule has 238 valence electrons. The van der Waals surface area contributed by atoms with Gasteiger partial charge in [-0.3, -0.25) is 4.79 Å². The van der Waals surface area contributed by atoms with Gasteiger partial charge in [0.1, 0.15) is 0 Å². The second-order valence-corrected chi connectivity index (χ2v) is 10.5. The highest BCUT2D eigenvalue weighted by molar-refractivity contribution is 5.94. The Balaban J connectivity index is 1.24. The second-order valence-electron chi connectivity index (χ2n) is 10.5. The first-order valence-electron chi connectivity index (χ1n) is 15.4. The number of carbonyl (C=O) groups excluding carboxylic acids is 1. The lowest BCUT2D eigenvalue weighted by molar-refractivity contribution is 0.0519. The molecule has 0 saturated heterocycles. The predicted molar refractivity (Wildman–Crippen MR) is 171 cm³/mol. The van der Waals surface area contributed by atoms with Crippen molar-refractivity contribution < 1.29 is 23.7 Å². The molecule has 44 heavy (non-hydrogen) atoms. The first kappa shape index (κ1) is 32.7. The lowest BCUT2D eigenvalue weighted by atomic mass is 9.97. The Morgan fingerprint density at radius 1 is 0.750 bits per heavy atom. The van der Waals surface area contributed by atoms with Gasteiger partial charge in [-0.2, -0.15) is 15.0 Å². The highest BCUT2D eigenvalue weighted by Crippen LogP contribution is 2.31. The summed E-state index contributed by atoms with van der Waals surface area (Å²) in [6.07, 6.45) is 8.45. The topological polar surface area (TPSA) is 141 Å². The van der Waals surface area contributed by atoms with Crippen LogP contribution in [0.2, 0.25) is 0 Å². The van der Waals surface area contributed by atoms with E-state index in [9.17, 15) is 4.79 Å². The van der Waals surface area contributed by atoms with Crippen LogP contribution in [0.25, 0.3) is 0 Å². The van der Waals surface area contributed by atoms with Gasteiger partial charge < -0.3 is 40.2 Å². The van der Waals surface area contributed by atoms with E-state index in [1.165, 1.54) is 32.1 Å². The fourth-order valence-electron chi connectivity index (χ4n) is 4.89. The van der Waals surface area contributed by atoms with Crippen molar-refractivity contribution in [3.63, 3.8) is 0 Å². The molecule has 1 aliphatic rings. The summed E-state index contributed by atoms with van der Waals surface area (Å²) in [7, 11) is 3.21. The van der Waals surface area contributed by atoms with Gasteiger partial charge in [0.05, 0.1) is 40.6 Å². The molecule has 1 aromatic heterocycles. The third kappa shape index (κ3) is 11.2. The van der Waals surface area contributed by atoms with Crippen LogP contribution >= 0.6 is 0 Å². The second kappa shape index (κ2) is 18.5. The zero-order valence-corrected chi connectivity index (χ0v) is 25.8. The Morgan fingerprint density at radius 3 is 2.14 bits per heavy atom. The average Bonchev–Trinajstić information content (AvgIpc) is 3.03. The minimum atomic E-state index is -0.111. The molecule has 1 saturated carbocycles. The first-order chi connectivity index (χ1) is 21.6. The lowest BCUT2D eigenvalue weighted by Gasteiger charge is -2.21. The summed E-state index contributed by atoms with van der Waals surface area (Å²) in [5.74, 6) is 2.53. The summed E-state index contributed by atoms with van der Waals surface area (Å²) in [6, 6.07) is 15.0. The number of aromatic nitrogens is 3. The van der Waals surface area contributed by atoms with Crippen molar-refractivity contribution in [2.45, 2.75) is 51.0 Å². The molecule has 12 heteroatoms. The van der Waals surface area contributed by atoms with Crippen molar-refractivity contribution in [2.75, 3.05) is 69.7 Å². The van der Waals surface area contributed by atoms with Crippen LogP contribution in [-0.4, -0.2) is 80.6 Å². The zero-order chi connectivity index (χ0) is 30.8. The third-order valence-electron chi connectivity index (χ3n) is 7.18. The highest BCUT2D eigenvalue weighted by Gasteiger charge is 2.15. The Labute approximate surface area is 259 Å². The van der Waals surface area contributed by atoms with Crippen LogP contribution in [0.1, 0.15) is 55.3 Å². The molecule has 0 atom stereocenters. The average molecular weight is 608 g/mol. The standard InChI is InChI=1S/C32H45N7O5/c1-41-27-16-15-26(23-28(27)42-2)36-32-38-30(37-31(39-32)35-25-13-9-4-3-5-10-14-25)34-18-20-44-22-21-43-19-17-33-29(40)24-11-7-6-8-12-24/h6-8,11-12,15-16,23,25H,3-5,9-10,13-14,17-22H2,1-2H3,(H,33,40)(H3,34,35,36,37,38,39). The van der Waals surface area contributed by atoms with Gasteiger partial charge in [0.15, 0.2) is 11.5 Å². The van der Waals surface area contributed by atoms with E-state index >= 15 is 0 Å². The SMILES string of the molecule is COc1ccc(Nc2nc(NCCOCCOCCNC(=O)c3ccccc3)nc(NC3CCCCCCC3)n2)cc1OC. The molecule has 3 aromatic rings. The van der Waals surface area contributed by atoms with Crippen LogP contribution in [0, 0.1) is 0 Å². The third-order valence-corrected chi connectivity index (χ3v) is 7.18. The number of carbonyl (C=O) groups is 1. The fourth-order valence-corrected chi connectivity index (χ4v) is 4.89. The van der Waals surface area contributed by atoms with E-state index in [1.54, 1.807) is 26.4 Å². The van der Waals surface area contributed by atoms with Crippen molar-refractivity contribution in [1.29, 1.82) is 0 Å². The maximum absolute atomic E-state index is 12.0. The molecule has 1 amide bonds. The maximum atomic E-state index is 12.0. The van der Waals surface area contributed by atoms with Gasteiger partial charge in [0, 0.05) is 36.4 Å². The first-order valence-corrected chi connectivity index (χ1v) is 15.4. The van der Waals surface area contributed by atoms with Crippen molar-refractivity contribution in [3.05, 3.63) is 54.1 Å². The summed E-state index contributed by atoms with van der Waals surface area (Å²) in [4.78, 5) is 25.9. The van der Waals surface area contributed by atoms with Crippen molar-refractivity contribution in [3.8, 4) is 11.5 Å². The van der Waals surface area contributed by atoms with E-state index in [1.807, 2.05) is 36.4 Å². The molecule has 1 fully saturated rings. The number of hydrogen-bond acceptors (Lipinski definition) is 11. The van der Waals surface area contributed by atoms with E-state index in [0.717, 1.165) is 18.5 Å². The number of nitrogens with one attached hydrogen (secondary N) is 4. The lowest BCUT2D eigenvalue weighted by Crippen LogP contribution is -2.27. The number of hydrogen-bond donors (Lipinski definition) is 4. The number of nitrogens with zero attached hydrogens (tertiary/aromatic N) is 3. The predicted octanol–water partition coefficient (Wildman–Crippen LogP) is 5.03. The van der Waals surface area contributed by atoms with Crippen LogP contribution < -0.4 is 30.7 Å². The largest absolute Gasteiger partial charge is 0.493 e. The minimum absolute atomic E-state index is 0.111. The molecular formula is C32H45N7O5. The maximum Gasteiger partial charge on any atom is 0.251 e.